The maximum absolute atomic E-state index is 16.6. The summed E-state index contributed by atoms with van der Waals surface area (Å²) in [6.45, 7) is 6.32. The first-order valence-electron chi connectivity index (χ1n) is 17.2. The van der Waals surface area contributed by atoms with Gasteiger partial charge in [-0.2, -0.15) is 0 Å². The molecule has 2 aromatic carbocycles. The Morgan fingerprint density at radius 1 is 0.750 bits per heavy atom. The molecule has 2 saturated heterocycles. The van der Waals surface area contributed by atoms with Crippen LogP contribution in [0.4, 0.5) is 4.39 Å². The van der Waals surface area contributed by atoms with E-state index < -0.39 is 0 Å². The summed E-state index contributed by atoms with van der Waals surface area (Å²) in [5.74, 6) is 1.63. The zero-order chi connectivity index (χ0) is 33.1. The standard InChI is InChI=1S/C39H42ClFN4O3/c1-5-22-18-44(19-22)32-14-12-23-16-30(42-38(47-3)34(23)32)28-10-6-8-26(36(28)40)27-9-7-11-29(37(27)41)31-17-24-13-15-33(35(24)39(43-31)48-4)45-20-25(21-45)46-2/h6-11,16-17,22,25,32-33H,5,12-15,18-21H2,1-4H3/t32-,33+/m0/s1. The molecular weight excluding hydrogens is 627 g/mol. The number of benzene rings is 2. The van der Waals surface area contributed by atoms with Crippen LogP contribution in [0.5, 0.6) is 11.8 Å². The number of aryl methyl sites for hydroxylation is 2. The van der Waals surface area contributed by atoms with E-state index >= 15 is 4.39 Å². The molecule has 0 unspecified atom stereocenters. The minimum atomic E-state index is -0.367. The van der Waals surface area contributed by atoms with E-state index in [2.05, 4.69) is 22.8 Å². The van der Waals surface area contributed by atoms with E-state index in [4.69, 9.17) is 35.8 Å². The summed E-state index contributed by atoms with van der Waals surface area (Å²) in [4.78, 5) is 14.8. The normalized spacial score (nSPS) is 21.1. The second-order valence-corrected chi connectivity index (χ2v) is 14.0. The summed E-state index contributed by atoms with van der Waals surface area (Å²) in [5.41, 5.74) is 8.22. The van der Waals surface area contributed by atoms with Gasteiger partial charge >= 0.3 is 0 Å². The Bertz CT molecular complexity index is 1740. The highest BCUT2D eigenvalue weighted by Gasteiger charge is 2.40. The number of fused-ring (bicyclic) bond motifs is 2. The summed E-state index contributed by atoms with van der Waals surface area (Å²) in [6.07, 6.45) is 5.40. The number of hydrogen-bond donors (Lipinski definition) is 0. The number of likely N-dealkylation sites (tertiary alicyclic amines) is 2. The van der Waals surface area contributed by atoms with Gasteiger partial charge in [0, 0.05) is 78.8 Å². The Hall–Kier alpha value is -3.56. The molecule has 2 aliphatic heterocycles. The van der Waals surface area contributed by atoms with Gasteiger partial charge in [-0.1, -0.05) is 55.3 Å². The lowest BCUT2D eigenvalue weighted by molar-refractivity contribution is -0.0514. The molecule has 0 saturated carbocycles. The SMILES string of the molecule is CCC1CN([C@H]2CCc3cc(-c4cccc(-c5cccc(-c6cc7c(c(OC)n6)[C@H](N6CC(OC)C6)CC7)c5F)c4Cl)nc(OC)c32)C1. The van der Waals surface area contributed by atoms with Crippen molar-refractivity contribution in [2.75, 3.05) is 47.5 Å². The fourth-order valence-corrected chi connectivity index (χ4v) is 8.68. The van der Waals surface area contributed by atoms with Crippen molar-refractivity contribution in [3.8, 4) is 45.4 Å². The molecule has 2 fully saturated rings. The van der Waals surface area contributed by atoms with E-state index in [0.29, 0.717) is 45.2 Å². The van der Waals surface area contributed by atoms with E-state index in [1.807, 2.05) is 30.3 Å². The van der Waals surface area contributed by atoms with Crippen LogP contribution in [0, 0.1) is 11.7 Å². The summed E-state index contributed by atoms with van der Waals surface area (Å²) in [5, 5.41) is 0.456. The summed E-state index contributed by atoms with van der Waals surface area (Å²) >= 11 is 7.14. The van der Waals surface area contributed by atoms with Crippen LogP contribution in [0.1, 0.15) is 60.5 Å². The van der Waals surface area contributed by atoms with Crippen LogP contribution in [0.3, 0.4) is 0 Å². The number of ether oxygens (including phenoxy) is 3. The maximum atomic E-state index is 16.6. The van der Waals surface area contributed by atoms with Gasteiger partial charge in [-0.15, -0.1) is 0 Å². The van der Waals surface area contributed by atoms with Gasteiger partial charge in [0.15, 0.2) is 0 Å². The minimum Gasteiger partial charge on any atom is -0.481 e. The average Bonchev–Trinajstić information content (AvgIpc) is 3.68. The highest BCUT2D eigenvalue weighted by atomic mass is 35.5. The van der Waals surface area contributed by atoms with E-state index in [1.54, 1.807) is 33.5 Å². The fraction of sp³-hybridized carbons (Fsp3) is 0.436. The Morgan fingerprint density at radius 2 is 1.27 bits per heavy atom. The predicted octanol–water partition coefficient (Wildman–Crippen LogP) is 7.93. The smallest absolute Gasteiger partial charge is 0.218 e. The van der Waals surface area contributed by atoms with Crippen LogP contribution in [0.25, 0.3) is 33.6 Å². The van der Waals surface area contributed by atoms with Gasteiger partial charge in [-0.3, -0.25) is 9.80 Å². The number of aromatic nitrogens is 2. The molecule has 4 heterocycles. The van der Waals surface area contributed by atoms with Crippen LogP contribution in [0.2, 0.25) is 5.02 Å². The molecule has 7 nitrogen and oxygen atoms in total. The van der Waals surface area contributed by atoms with Crippen molar-refractivity contribution in [1.29, 1.82) is 0 Å². The monoisotopic (exact) mass is 668 g/mol. The van der Waals surface area contributed by atoms with Gasteiger partial charge < -0.3 is 14.2 Å². The van der Waals surface area contributed by atoms with Gasteiger partial charge in [0.25, 0.3) is 0 Å². The first-order chi connectivity index (χ1) is 23.4. The molecule has 9 heteroatoms. The number of rotatable bonds is 9. The lowest BCUT2D eigenvalue weighted by atomic mass is 9.93. The van der Waals surface area contributed by atoms with Crippen molar-refractivity contribution in [2.24, 2.45) is 5.92 Å². The molecule has 4 aromatic rings. The predicted molar refractivity (Wildman–Crippen MR) is 186 cm³/mol. The number of hydrogen-bond acceptors (Lipinski definition) is 7. The van der Waals surface area contributed by atoms with Crippen molar-refractivity contribution in [2.45, 2.75) is 57.2 Å². The van der Waals surface area contributed by atoms with E-state index in [1.165, 1.54) is 17.5 Å². The molecule has 0 bridgehead atoms. The molecule has 0 spiro atoms. The highest BCUT2D eigenvalue weighted by molar-refractivity contribution is 6.36. The van der Waals surface area contributed by atoms with Crippen LogP contribution in [-0.4, -0.2) is 73.4 Å². The largest absolute Gasteiger partial charge is 0.481 e. The molecule has 8 rings (SSSR count). The molecule has 4 aliphatic rings. The van der Waals surface area contributed by atoms with Crippen LogP contribution in [0.15, 0.2) is 48.5 Å². The Balaban J connectivity index is 1.12. The number of halogens is 2. The van der Waals surface area contributed by atoms with Crippen LogP contribution >= 0.6 is 11.6 Å². The van der Waals surface area contributed by atoms with E-state index in [-0.39, 0.29) is 18.0 Å². The molecule has 0 N–H and O–H groups in total. The fourth-order valence-electron chi connectivity index (χ4n) is 8.35. The van der Waals surface area contributed by atoms with Crippen molar-refractivity contribution < 1.29 is 18.6 Å². The van der Waals surface area contributed by atoms with Crippen LogP contribution in [-0.2, 0) is 17.6 Å². The third-order valence-electron chi connectivity index (χ3n) is 11.1. The van der Waals surface area contributed by atoms with Crippen molar-refractivity contribution in [3.63, 3.8) is 0 Å². The molecule has 48 heavy (non-hydrogen) atoms. The topological polar surface area (TPSA) is 60.0 Å². The van der Waals surface area contributed by atoms with Crippen molar-refractivity contribution in [3.05, 3.63) is 81.6 Å². The van der Waals surface area contributed by atoms with Crippen molar-refractivity contribution in [1.82, 2.24) is 19.8 Å². The second kappa shape index (κ2) is 12.7. The Morgan fingerprint density at radius 3 is 1.83 bits per heavy atom. The summed E-state index contributed by atoms with van der Waals surface area (Å²) < 4.78 is 33.8. The third-order valence-corrected chi connectivity index (χ3v) is 11.5. The Kier molecular flexibility index (Phi) is 8.40. The summed E-state index contributed by atoms with van der Waals surface area (Å²) in [6, 6.07) is 15.9. The Labute approximate surface area is 287 Å². The number of nitrogens with zero attached hydrogens (tertiary/aromatic N) is 4. The van der Waals surface area contributed by atoms with Gasteiger partial charge in [0.2, 0.25) is 11.8 Å². The minimum absolute atomic E-state index is 0.238. The van der Waals surface area contributed by atoms with Gasteiger partial charge in [0.1, 0.15) is 5.82 Å². The zero-order valence-electron chi connectivity index (χ0n) is 28.1. The van der Waals surface area contributed by atoms with E-state index in [0.717, 1.165) is 80.2 Å². The quantitative estimate of drug-likeness (QED) is 0.180. The molecule has 2 aliphatic carbocycles. The van der Waals surface area contributed by atoms with Gasteiger partial charge in [0.05, 0.1) is 36.7 Å². The lowest BCUT2D eigenvalue weighted by Gasteiger charge is -2.43. The van der Waals surface area contributed by atoms with Gasteiger partial charge in [-0.05, 0) is 60.9 Å². The molecule has 2 atom stereocenters. The molecule has 250 valence electrons. The van der Waals surface area contributed by atoms with Gasteiger partial charge in [-0.25, -0.2) is 14.4 Å². The summed E-state index contributed by atoms with van der Waals surface area (Å²) in [7, 11) is 5.09. The maximum Gasteiger partial charge on any atom is 0.218 e. The molecule has 0 radical (unpaired) electrons. The number of methoxy groups -OCH3 is 3. The van der Waals surface area contributed by atoms with E-state index in [9.17, 15) is 0 Å². The first-order valence-corrected chi connectivity index (χ1v) is 17.5. The molecule has 0 amide bonds. The lowest BCUT2D eigenvalue weighted by Crippen LogP contribution is -2.52. The number of pyridine rings is 2. The second-order valence-electron chi connectivity index (χ2n) is 13.7. The first kappa shape index (κ1) is 31.7. The third kappa shape index (κ3) is 5.20. The molecule has 2 aromatic heterocycles. The zero-order valence-corrected chi connectivity index (χ0v) is 28.8. The van der Waals surface area contributed by atoms with Crippen molar-refractivity contribution >= 4 is 11.6 Å². The van der Waals surface area contributed by atoms with Crippen LogP contribution < -0.4 is 9.47 Å². The highest BCUT2D eigenvalue weighted by Crippen LogP contribution is 2.48. The average molecular weight is 669 g/mol. The molecular formula is C39H42ClFN4O3.